The Morgan fingerprint density at radius 2 is 2.00 bits per heavy atom. The number of nitrogens with one attached hydrogen (secondary N) is 1. The molecule has 2 rings (SSSR count). The topological polar surface area (TPSA) is 51.2 Å². The smallest absolute Gasteiger partial charge is 0.258 e. The fourth-order valence-corrected chi connectivity index (χ4v) is 1.87. The van der Waals surface area contributed by atoms with Crippen LogP contribution in [-0.2, 0) is 9.53 Å². The molecule has 2 aromatic rings. The standard InChI is InChI=1S/C14H13ClN2O2/c1-19-12(10-6-3-2-4-7-10)14(18)17-11-8-5-9-16-13(11)15/h2-9,12H,1H3,(H,17,18). The highest BCUT2D eigenvalue weighted by Crippen LogP contribution is 2.22. The quantitative estimate of drug-likeness (QED) is 0.873. The molecule has 0 aliphatic carbocycles. The Morgan fingerprint density at radius 3 is 2.63 bits per heavy atom. The van der Waals surface area contributed by atoms with Crippen LogP contribution in [0.3, 0.4) is 0 Å². The molecule has 0 radical (unpaired) electrons. The Kier molecular flexibility index (Phi) is 4.49. The van der Waals surface area contributed by atoms with Gasteiger partial charge >= 0.3 is 0 Å². The third-order valence-corrected chi connectivity index (χ3v) is 2.89. The maximum absolute atomic E-state index is 12.2. The van der Waals surface area contributed by atoms with E-state index >= 15 is 0 Å². The van der Waals surface area contributed by atoms with Gasteiger partial charge in [-0.2, -0.15) is 0 Å². The zero-order valence-electron chi connectivity index (χ0n) is 10.3. The largest absolute Gasteiger partial charge is 0.367 e. The lowest BCUT2D eigenvalue weighted by Gasteiger charge is -2.15. The molecule has 4 nitrogen and oxygen atoms in total. The van der Waals surface area contributed by atoms with Crippen molar-refractivity contribution < 1.29 is 9.53 Å². The van der Waals surface area contributed by atoms with Crippen molar-refractivity contribution in [3.63, 3.8) is 0 Å². The second-order valence-electron chi connectivity index (χ2n) is 3.86. The van der Waals surface area contributed by atoms with Gasteiger partial charge in [0.05, 0.1) is 5.69 Å². The predicted molar refractivity (Wildman–Crippen MR) is 74.1 cm³/mol. The number of hydrogen-bond donors (Lipinski definition) is 1. The van der Waals surface area contributed by atoms with Crippen LogP contribution in [0.25, 0.3) is 0 Å². The molecule has 0 fully saturated rings. The normalized spacial score (nSPS) is 11.9. The van der Waals surface area contributed by atoms with Gasteiger partial charge in [-0.05, 0) is 17.7 Å². The molecule has 0 spiro atoms. The highest BCUT2D eigenvalue weighted by molar-refractivity contribution is 6.32. The maximum atomic E-state index is 12.2. The Hall–Kier alpha value is -1.91. The summed E-state index contributed by atoms with van der Waals surface area (Å²) in [5.41, 5.74) is 1.25. The summed E-state index contributed by atoms with van der Waals surface area (Å²) >= 11 is 5.90. The number of anilines is 1. The molecule has 1 unspecified atom stereocenters. The van der Waals surface area contributed by atoms with Crippen molar-refractivity contribution in [3.8, 4) is 0 Å². The zero-order chi connectivity index (χ0) is 13.7. The van der Waals surface area contributed by atoms with E-state index in [1.54, 1.807) is 18.3 Å². The van der Waals surface area contributed by atoms with Crippen LogP contribution in [0, 0.1) is 0 Å². The third kappa shape index (κ3) is 3.30. The molecular formula is C14H13ClN2O2. The molecule has 1 heterocycles. The lowest BCUT2D eigenvalue weighted by molar-refractivity contribution is -0.126. The van der Waals surface area contributed by atoms with Crippen molar-refractivity contribution in [1.82, 2.24) is 4.98 Å². The second-order valence-corrected chi connectivity index (χ2v) is 4.22. The minimum Gasteiger partial charge on any atom is -0.367 e. The number of carbonyl (C=O) groups excluding carboxylic acids is 1. The fraction of sp³-hybridized carbons (Fsp3) is 0.143. The summed E-state index contributed by atoms with van der Waals surface area (Å²) in [6.07, 6.45) is 0.876. The SMILES string of the molecule is COC(C(=O)Nc1cccnc1Cl)c1ccccc1. The first-order valence-electron chi connectivity index (χ1n) is 5.71. The van der Waals surface area contributed by atoms with E-state index in [1.165, 1.54) is 7.11 Å². The summed E-state index contributed by atoms with van der Waals surface area (Å²) in [5, 5.41) is 2.95. The number of amides is 1. The molecule has 1 N–H and O–H groups in total. The average Bonchev–Trinajstić information content (AvgIpc) is 2.43. The van der Waals surface area contributed by atoms with Gasteiger partial charge in [-0.15, -0.1) is 0 Å². The number of benzene rings is 1. The van der Waals surface area contributed by atoms with Gasteiger partial charge in [0.25, 0.3) is 5.91 Å². The first-order chi connectivity index (χ1) is 9.22. The van der Waals surface area contributed by atoms with Gasteiger partial charge in [0.1, 0.15) is 0 Å². The summed E-state index contributed by atoms with van der Waals surface area (Å²) in [6.45, 7) is 0. The van der Waals surface area contributed by atoms with Crippen LogP contribution in [0.2, 0.25) is 5.15 Å². The van der Waals surface area contributed by atoms with Crippen molar-refractivity contribution in [2.75, 3.05) is 12.4 Å². The molecule has 1 aromatic heterocycles. The van der Waals surface area contributed by atoms with Crippen molar-refractivity contribution in [2.45, 2.75) is 6.10 Å². The van der Waals surface area contributed by atoms with Crippen molar-refractivity contribution in [3.05, 3.63) is 59.4 Å². The Balaban J connectivity index is 2.17. The number of methoxy groups -OCH3 is 1. The van der Waals surface area contributed by atoms with Gasteiger partial charge in [0, 0.05) is 13.3 Å². The molecule has 0 bridgehead atoms. The fourth-order valence-electron chi connectivity index (χ4n) is 1.70. The van der Waals surface area contributed by atoms with E-state index in [0.717, 1.165) is 5.56 Å². The van der Waals surface area contributed by atoms with Crippen LogP contribution in [0.15, 0.2) is 48.7 Å². The monoisotopic (exact) mass is 276 g/mol. The van der Waals surface area contributed by atoms with E-state index in [2.05, 4.69) is 10.3 Å². The molecule has 98 valence electrons. The van der Waals surface area contributed by atoms with Crippen molar-refractivity contribution in [1.29, 1.82) is 0 Å². The number of pyridine rings is 1. The third-order valence-electron chi connectivity index (χ3n) is 2.59. The Labute approximate surface area is 116 Å². The Bertz CT molecular complexity index is 560. The first kappa shape index (κ1) is 13.5. The number of aromatic nitrogens is 1. The molecule has 0 aliphatic heterocycles. The molecule has 19 heavy (non-hydrogen) atoms. The van der Waals surface area contributed by atoms with E-state index in [-0.39, 0.29) is 11.1 Å². The molecule has 0 saturated carbocycles. The summed E-state index contributed by atoms with van der Waals surface area (Å²) in [7, 11) is 1.49. The number of hydrogen-bond acceptors (Lipinski definition) is 3. The molecular weight excluding hydrogens is 264 g/mol. The van der Waals surface area contributed by atoms with Crippen LogP contribution in [0.4, 0.5) is 5.69 Å². The molecule has 0 saturated heterocycles. The number of rotatable bonds is 4. The van der Waals surface area contributed by atoms with E-state index in [1.807, 2.05) is 30.3 Å². The number of carbonyl (C=O) groups is 1. The van der Waals surface area contributed by atoms with Gasteiger partial charge < -0.3 is 10.1 Å². The summed E-state index contributed by atoms with van der Waals surface area (Å²) in [6, 6.07) is 12.6. The van der Waals surface area contributed by atoms with E-state index < -0.39 is 6.10 Å². The number of halogens is 1. The zero-order valence-corrected chi connectivity index (χ0v) is 11.1. The molecule has 1 aromatic carbocycles. The van der Waals surface area contributed by atoms with E-state index in [9.17, 15) is 4.79 Å². The first-order valence-corrected chi connectivity index (χ1v) is 6.09. The van der Waals surface area contributed by atoms with Crippen molar-refractivity contribution >= 4 is 23.2 Å². The highest BCUT2D eigenvalue weighted by atomic mass is 35.5. The van der Waals surface area contributed by atoms with E-state index in [4.69, 9.17) is 16.3 Å². The summed E-state index contributed by atoms with van der Waals surface area (Å²) in [5.74, 6) is -0.288. The van der Waals surface area contributed by atoms with Crippen LogP contribution in [0.1, 0.15) is 11.7 Å². The van der Waals surface area contributed by atoms with Crippen molar-refractivity contribution in [2.24, 2.45) is 0 Å². The van der Waals surface area contributed by atoms with Crippen LogP contribution < -0.4 is 5.32 Å². The van der Waals surface area contributed by atoms with Crippen LogP contribution in [-0.4, -0.2) is 18.0 Å². The lowest BCUT2D eigenvalue weighted by atomic mass is 10.1. The molecule has 5 heteroatoms. The van der Waals surface area contributed by atoms with Crippen LogP contribution >= 0.6 is 11.6 Å². The van der Waals surface area contributed by atoms with Crippen LogP contribution in [0.5, 0.6) is 0 Å². The predicted octanol–water partition coefficient (Wildman–Crippen LogP) is 3.06. The van der Waals surface area contributed by atoms with E-state index in [0.29, 0.717) is 5.69 Å². The number of ether oxygens (including phenoxy) is 1. The summed E-state index contributed by atoms with van der Waals surface area (Å²) < 4.78 is 5.23. The Morgan fingerprint density at radius 1 is 1.26 bits per heavy atom. The van der Waals surface area contributed by atoms with Gasteiger partial charge in [0.2, 0.25) is 0 Å². The number of nitrogens with zero attached hydrogens (tertiary/aromatic N) is 1. The van der Waals surface area contributed by atoms with Gasteiger partial charge in [-0.3, -0.25) is 4.79 Å². The average molecular weight is 277 g/mol. The van der Waals surface area contributed by atoms with Gasteiger partial charge in [-0.1, -0.05) is 41.9 Å². The minimum atomic E-state index is -0.683. The summed E-state index contributed by atoms with van der Waals surface area (Å²) in [4.78, 5) is 16.1. The second kappa shape index (κ2) is 6.31. The molecule has 1 atom stereocenters. The highest BCUT2D eigenvalue weighted by Gasteiger charge is 2.20. The van der Waals surface area contributed by atoms with Gasteiger partial charge in [0.15, 0.2) is 11.3 Å². The molecule has 1 amide bonds. The minimum absolute atomic E-state index is 0.249. The lowest BCUT2D eigenvalue weighted by Crippen LogP contribution is -2.22. The van der Waals surface area contributed by atoms with Gasteiger partial charge in [-0.25, -0.2) is 4.98 Å². The maximum Gasteiger partial charge on any atom is 0.258 e. The molecule has 0 aliphatic rings.